The number of carbonyl (C=O) groups excluding carboxylic acids is 2. The van der Waals surface area contributed by atoms with Gasteiger partial charge in [-0.05, 0) is 18.2 Å². The monoisotopic (exact) mass is 239 g/mol. The second-order valence-electron chi connectivity index (χ2n) is 3.96. The van der Waals surface area contributed by atoms with Gasteiger partial charge in [0.2, 0.25) is 0 Å². The number of hydrogen-bond donors (Lipinski definition) is 0. The molecule has 0 N–H and O–H groups in total. The highest BCUT2D eigenvalue weighted by Gasteiger charge is 2.22. The van der Waals surface area contributed by atoms with Gasteiger partial charge in [0.25, 0.3) is 5.91 Å². The predicted molar refractivity (Wildman–Crippen MR) is 56.5 cm³/mol. The molecule has 0 spiro atoms. The van der Waals surface area contributed by atoms with Crippen molar-refractivity contribution in [2.24, 2.45) is 0 Å². The quantitative estimate of drug-likeness (QED) is 0.749. The smallest absolute Gasteiger partial charge is 0.253 e. The first-order chi connectivity index (χ1) is 8.08. The van der Waals surface area contributed by atoms with E-state index < -0.39 is 11.6 Å². The zero-order valence-electron chi connectivity index (χ0n) is 9.08. The third kappa shape index (κ3) is 2.49. The predicted octanol–water partition coefficient (Wildman–Crippen LogP) is 1.77. The van der Waals surface area contributed by atoms with Crippen molar-refractivity contribution in [3.8, 4) is 0 Å². The van der Waals surface area contributed by atoms with Gasteiger partial charge in [0.1, 0.15) is 5.78 Å². The Balaban J connectivity index is 2.14. The molecule has 0 bridgehead atoms. The van der Waals surface area contributed by atoms with Crippen molar-refractivity contribution < 1.29 is 18.4 Å². The molecule has 5 heteroatoms. The molecular formula is C12H11F2NO2. The summed E-state index contributed by atoms with van der Waals surface area (Å²) in [5.74, 6) is -2.25. The number of halogens is 2. The molecule has 0 aromatic heterocycles. The summed E-state index contributed by atoms with van der Waals surface area (Å²) in [7, 11) is 0. The summed E-state index contributed by atoms with van der Waals surface area (Å²) in [6.45, 7) is 0.688. The van der Waals surface area contributed by atoms with E-state index in [2.05, 4.69) is 0 Å². The fourth-order valence-electron chi connectivity index (χ4n) is 1.77. The van der Waals surface area contributed by atoms with E-state index in [-0.39, 0.29) is 17.3 Å². The zero-order chi connectivity index (χ0) is 12.4. The van der Waals surface area contributed by atoms with Gasteiger partial charge in [-0.3, -0.25) is 9.59 Å². The highest BCUT2D eigenvalue weighted by Crippen LogP contribution is 2.14. The SMILES string of the molecule is O=C1CCN(C(=O)c2ccc(F)c(F)c2)CC1. The lowest BCUT2D eigenvalue weighted by atomic mass is 10.1. The van der Waals surface area contributed by atoms with E-state index in [4.69, 9.17) is 0 Å². The van der Waals surface area contributed by atoms with E-state index in [1.165, 1.54) is 11.0 Å². The van der Waals surface area contributed by atoms with Gasteiger partial charge in [0.05, 0.1) is 0 Å². The molecule has 3 nitrogen and oxygen atoms in total. The summed E-state index contributed by atoms with van der Waals surface area (Å²) < 4.78 is 25.7. The molecule has 1 fully saturated rings. The average molecular weight is 239 g/mol. The highest BCUT2D eigenvalue weighted by atomic mass is 19.2. The van der Waals surface area contributed by atoms with Crippen molar-refractivity contribution >= 4 is 11.7 Å². The Bertz CT molecular complexity index is 464. The van der Waals surface area contributed by atoms with Crippen molar-refractivity contribution in [3.63, 3.8) is 0 Å². The molecule has 0 saturated carbocycles. The number of nitrogens with zero attached hydrogens (tertiary/aromatic N) is 1. The summed E-state index contributed by atoms with van der Waals surface area (Å²) in [5, 5.41) is 0. The molecule has 0 aliphatic carbocycles. The number of carbonyl (C=O) groups is 2. The number of piperidine rings is 1. The summed E-state index contributed by atoms with van der Waals surface area (Å²) in [5.41, 5.74) is 0.109. The molecule has 1 aliphatic rings. The molecule has 0 unspecified atom stereocenters. The third-order valence-corrected chi connectivity index (χ3v) is 2.77. The second kappa shape index (κ2) is 4.61. The van der Waals surface area contributed by atoms with Gasteiger partial charge in [0, 0.05) is 31.5 Å². The van der Waals surface area contributed by atoms with Crippen LogP contribution in [0.5, 0.6) is 0 Å². The maximum absolute atomic E-state index is 13.0. The average Bonchev–Trinajstić information content (AvgIpc) is 2.33. The van der Waals surface area contributed by atoms with Crippen LogP contribution < -0.4 is 0 Å². The van der Waals surface area contributed by atoms with E-state index in [1.54, 1.807) is 0 Å². The Morgan fingerprint density at radius 3 is 2.35 bits per heavy atom. The first kappa shape index (κ1) is 11.7. The molecule has 2 rings (SSSR count). The van der Waals surface area contributed by atoms with Crippen molar-refractivity contribution in [2.75, 3.05) is 13.1 Å². The minimum Gasteiger partial charge on any atom is -0.338 e. The van der Waals surface area contributed by atoms with Gasteiger partial charge in [-0.15, -0.1) is 0 Å². The molecule has 1 aliphatic heterocycles. The Kier molecular flexibility index (Phi) is 3.17. The van der Waals surface area contributed by atoms with Crippen LogP contribution in [-0.4, -0.2) is 29.7 Å². The Morgan fingerprint density at radius 1 is 1.12 bits per heavy atom. The Hall–Kier alpha value is -1.78. The number of hydrogen-bond acceptors (Lipinski definition) is 2. The van der Waals surface area contributed by atoms with Crippen LogP contribution in [-0.2, 0) is 4.79 Å². The first-order valence-corrected chi connectivity index (χ1v) is 5.34. The van der Waals surface area contributed by atoms with Crippen molar-refractivity contribution in [2.45, 2.75) is 12.8 Å². The van der Waals surface area contributed by atoms with Gasteiger partial charge in [-0.1, -0.05) is 0 Å². The number of ketones is 1. The van der Waals surface area contributed by atoms with Crippen LogP contribution in [0.2, 0.25) is 0 Å². The number of amides is 1. The Labute approximate surface area is 97.0 Å². The van der Waals surface area contributed by atoms with Crippen LogP contribution in [0.3, 0.4) is 0 Å². The van der Waals surface area contributed by atoms with Gasteiger partial charge >= 0.3 is 0 Å². The van der Waals surface area contributed by atoms with Crippen molar-refractivity contribution in [3.05, 3.63) is 35.4 Å². The summed E-state index contributed by atoms with van der Waals surface area (Å²) in [4.78, 5) is 24.4. The summed E-state index contributed by atoms with van der Waals surface area (Å²) in [6.07, 6.45) is 0.658. The molecule has 1 saturated heterocycles. The van der Waals surface area contributed by atoms with Crippen LogP contribution >= 0.6 is 0 Å². The first-order valence-electron chi connectivity index (χ1n) is 5.34. The number of rotatable bonds is 1. The van der Waals surface area contributed by atoms with Gasteiger partial charge < -0.3 is 4.90 Å². The third-order valence-electron chi connectivity index (χ3n) is 2.77. The normalized spacial score (nSPS) is 16.1. The van der Waals surface area contributed by atoms with Crippen LogP contribution in [0.25, 0.3) is 0 Å². The number of Topliss-reactive ketones (excluding diaryl/α,β-unsaturated/α-hetero) is 1. The van der Waals surface area contributed by atoms with Gasteiger partial charge in [-0.2, -0.15) is 0 Å². The van der Waals surface area contributed by atoms with E-state index in [1.807, 2.05) is 0 Å². The summed E-state index contributed by atoms with van der Waals surface area (Å²) in [6, 6.07) is 3.06. The van der Waals surface area contributed by atoms with Gasteiger partial charge in [0.15, 0.2) is 11.6 Å². The molecule has 17 heavy (non-hydrogen) atoms. The van der Waals surface area contributed by atoms with Crippen LogP contribution in [0, 0.1) is 11.6 Å². The Morgan fingerprint density at radius 2 is 1.76 bits per heavy atom. The molecule has 90 valence electrons. The minimum absolute atomic E-state index is 0.109. The largest absolute Gasteiger partial charge is 0.338 e. The van der Waals surface area contributed by atoms with E-state index >= 15 is 0 Å². The number of benzene rings is 1. The molecule has 1 aromatic rings. The van der Waals surface area contributed by atoms with Crippen molar-refractivity contribution in [1.82, 2.24) is 4.90 Å². The second-order valence-corrected chi connectivity index (χ2v) is 3.96. The topological polar surface area (TPSA) is 37.4 Å². The molecule has 1 heterocycles. The lowest BCUT2D eigenvalue weighted by Crippen LogP contribution is -2.38. The van der Waals surface area contributed by atoms with Crippen LogP contribution in [0.1, 0.15) is 23.2 Å². The van der Waals surface area contributed by atoms with Crippen LogP contribution in [0.15, 0.2) is 18.2 Å². The maximum Gasteiger partial charge on any atom is 0.253 e. The fourth-order valence-corrected chi connectivity index (χ4v) is 1.77. The minimum atomic E-state index is -1.04. The molecule has 1 amide bonds. The van der Waals surface area contributed by atoms with Crippen molar-refractivity contribution in [1.29, 1.82) is 0 Å². The number of likely N-dealkylation sites (tertiary alicyclic amines) is 1. The lowest BCUT2D eigenvalue weighted by molar-refractivity contribution is -0.120. The van der Waals surface area contributed by atoms with E-state index in [9.17, 15) is 18.4 Å². The standard InChI is InChI=1S/C12H11F2NO2/c13-10-2-1-8(7-11(10)14)12(17)15-5-3-9(16)4-6-15/h1-2,7H,3-6H2. The molecule has 0 radical (unpaired) electrons. The fraction of sp³-hybridized carbons (Fsp3) is 0.333. The van der Waals surface area contributed by atoms with Crippen LogP contribution in [0.4, 0.5) is 8.78 Å². The van der Waals surface area contributed by atoms with E-state index in [0.717, 1.165) is 12.1 Å². The van der Waals surface area contributed by atoms with Gasteiger partial charge in [-0.25, -0.2) is 8.78 Å². The molecule has 1 aromatic carbocycles. The summed E-state index contributed by atoms with van der Waals surface area (Å²) >= 11 is 0. The lowest BCUT2D eigenvalue weighted by Gasteiger charge is -2.26. The molecular weight excluding hydrogens is 228 g/mol. The van der Waals surface area contributed by atoms with E-state index in [0.29, 0.717) is 25.9 Å². The highest BCUT2D eigenvalue weighted by molar-refractivity contribution is 5.95. The molecule has 0 atom stereocenters. The maximum atomic E-state index is 13.0. The zero-order valence-corrected chi connectivity index (χ0v) is 9.08.